The van der Waals surface area contributed by atoms with Crippen LogP contribution < -0.4 is 14.2 Å². The maximum atomic E-state index is 13.6. The number of para-hydroxylation sites is 1. The van der Waals surface area contributed by atoms with Gasteiger partial charge in [0, 0.05) is 18.3 Å². The van der Waals surface area contributed by atoms with Crippen molar-refractivity contribution in [1.82, 2.24) is 4.90 Å². The Kier molecular flexibility index (Phi) is 10.0. The first-order chi connectivity index (χ1) is 16.4. The molecule has 0 spiro atoms. The molecular formula is C27H40N2O5S. The summed E-state index contributed by atoms with van der Waals surface area (Å²) in [5.74, 6) is 0.780. The van der Waals surface area contributed by atoms with E-state index in [0.717, 1.165) is 28.8 Å². The van der Waals surface area contributed by atoms with Crippen LogP contribution in [0.3, 0.4) is 0 Å². The van der Waals surface area contributed by atoms with Gasteiger partial charge in [0.25, 0.3) is 0 Å². The van der Waals surface area contributed by atoms with Crippen LogP contribution in [-0.2, 0) is 16.7 Å². The SMILES string of the molecule is CCC(C)N(Cc1ccc(OC)c(OS(=O)(=O)CC)c1)C(=O)Nc1c(C(C)C)cccc1C(C)C. The second-order valence-corrected chi connectivity index (χ2v) is 11.2. The lowest BCUT2D eigenvalue weighted by Crippen LogP contribution is -2.41. The van der Waals surface area contributed by atoms with Crippen molar-refractivity contribution in [2.45, 2.75) is 79.3 Å². The fourth-order valence-corrected chi connectivity index (χ4v) is 4.32. The summed E-state index contributed by atoms with van der Waals surface area (Å²) in [7, 11) is -2.27. The Morgan fingerprint density at radius 2 is 1.57 bits per heavy atom. The molecular weight excluding hydrogens is 464 g/mol. The molecule has 2 aromatic carbocycles. The maximum Gasteiger partial charge on any atom is 0.322 e. The molecule has 0 saturated heterocycles. The van der Waals surface area contributed by atoms with E-state index >= 15 is 0 Å². The lowest BCUT2D eigenvalue weighted by Gasteiger charge is -2.30. The number of carbonyl (C=O) groups excluding carboxylic acids is 1. The molecule has 1 N–H and O–H groups in total. The van der Waals surface area contributed by atoms with Crippen LogP contribution in [0.1, 0.15) is 83.4 Å². The van der Waals surface area contributed by atoms with Crippen LogP contribution >= 0.6 is 0 Å². The van der Waals surface area contributed by atoms with Gasteiger partial charge in [-0.2, -0.15) is 8.42 Å². The zero-order valence-corrected chi connectivity index (χ0v) is 23.0. The predicted molar refractivity (Wildman–Crippen MR) is 142 cm³/mol. The number of rotatable bonds is 11. The van der Waals surface area contributed by atoms with Crippen molar-refractivity contribution in [2.75, 3.05) is 18.2 Å². The third kappa shape index (κ3) is 7.37. The molecule has 2 aromatic rings. The molecule has 1 atom stereocenters. The van der Waals surface area contributed by atoms with Crippen molar-refractivity contribution in [3.8, 4) is 11.5 Å². The largest absolute Gasteiger partial charge is 0.493 e. The minimum absolute atomic E-state index is 0.0467. The number of hydrogen-bond donors (Lipinski definition) is 1. The first-order valence-corrected chi connectivity index (χ1v) is 13.8. The Hall–Kier alpha value is -2.74. The molecule has 0 aromatic heterocycles. The quantitative estimate of drug-likeness (QED) is 0.353. The standard InChI is InChI=1S/C27H40N2O5S/c1-9-20(7)29(17-21-14-15-24(33-8)25(16-21)34-35(31,32)10-2)27(30)28-26-22(18(3)4)12-11-13-23(26)19(5)6/h11-16,18-20H,9-10,17H2,1-8H3,(H,28,30). The van der Waals surface area contributed by atoms with E-state index in [-0.39, 0.29) is 42.0 Å². The molecule has 0 fully saturated rings. The third-order valence-corrected chi connectivity index (χ3v) is 7.28. The van der Waals surface area contributed by atoms with Crippen molar-refractivity contribution in [3.63, 3.8) is 0 Å². The monoisotopic (exact) mass is 504 g/mol. The van der Waals surface area contributed by atoms with Crippen LogP contribution in [0.25, 0.3) is 0 Å². The Morgan fingerprint density at radius 1 is 0.971 bits per heavy atom. The Labute approximate surface area is 210 Å². The number of methoxy groups -OCH3 is 1. The van der Waals surface area contributed by atoms with E-state index in [1.54, 1.807) is 17.0 Å². The molecule has 2 rings (SSSR count). The zero-order valence-electron chi connectivity index (χ0n) is 22.2. The van der Waals surface area contributed by atoms with Gasteiger partial charge in [0.05, 0.1) is 12.9 Å². The van der Waals surface area contributed by atoms with Crippen LogP contribution in [-0.4, -0.2) is 38.3 Å². The topological polar surface area (TPSA) is 84.9 Å². The van der Waals surface area contributed by atoms with Crippen molar-refractivity contribution in [1.29, 1.82) is 0 Å². The van der Waals surface area contributed by atoms with Crippen LogP contribution in [0.4, 0.5) is 10.5 Å². The molecule has 0 radical (unpaired) electrons. The summed E-state index contributed by atoms with van der Waals surface area (Å²) in [6.07, 6.45) is 0.764. The first-order valence-electron chi connectivity index (χ1n) is 12.2. The highest BCUT2D eigenvalue weighted by atomic mass is 32.2. The summed E-state index contributed by atoms with van der Waals surface area (Å²) in [5.41, 5.74) is 3.80. The maximum absolute atomic E-state index is 13.6. The highest BCUT2D eigenvalue weighted by Crippen LogP contribution is 2.34. The highest BCUT2D eigenvalue weighted by molar-refractivity contribution is 7.87. The van der Waals surface area contributed by atoms with E-state index < -0.39 is 10.1 Å². The summed E-state index contributed by atoms with van der Waals surface area (Å²) < 4.78 is 34.6. The average Bonchev–Trinajstić information content (AvgIpc) is 2.81. The van der Waals surface area contributed by atoms with Crippen LogP contribution in [0.5, 0.6) is 11.5 Å². The zero-order chi connectivity index (χ0) is 26.3. The molecule has 7 nitrogen and oxygen atoms in total. The Balaban J connectivity index is 2.42. The van der Waals surface area contributed by atoms with Crippen LogP contribution in [0.15, 0.2) is 36.4 Å². The molecule has 35 heavy (non-hydrogen) atoms. The molecule has 0 bridgehead atoms. The normalized spacial score (nSPS) is 12.5. The van der Waals surface area contributed by atoms with Crippen LogP contribution in [0.2, 0.25) is 0 Å². The number of nitrogens with one attached hydrogen (secondary N) is 1. The second-order valence-electron chi connectivity index (χ2n) is 9.35. The minimum Gasteiger partial charge on any atom is -0.493 e. The summed E-state index contributed by atoms with van der Waals surface area (Å²) in [4.78, 5) is 15.4. The number of ether oxygens (including phenoxy) is 1. The number of anilines is 1. The van der Waals surface area contributed by atoms with Gasteiger partial charge in [-0.1, -0.05) is 58.9 Å². The molecule has 2 amide bonds. The number of hydrogen-bond acceptors (Lipinski definition) is 5. The number of carbonyl (C=O) groups is 1. The third-order valence-electron chi connectivity index (χ3n) is 6.14. The Bertz CT molecular complexity index is 1090. The van der Waals surface area contributed by atoms with Gasteiger partial charge in [0.15, 0.2) is 11.5 Å². The summed E-state index contributed by atoms with van der Waals surface area (Å²) in [6, 6.07) is 11.0. The van der Waals surface area contributed by atoms with E-state index in [1.807, 2.05) is 26.0 Å². The molecule has 8 heteroatoms. The number of nitrogens with zero attached hydrogens (tertiary/aromatic N) is 1. The number of urea groups is 1. The first kappa shape index (κ1) is 28.5. The molecule has 0 aliphatic rings. The summed E-state index contributed by atoms with van der Waals surface area (Å²) in [6.45, 7) is 14.3. The predicted octanol–water partition coefficient (Wildman–Crippen LogP) is 6.50. The number of amides is 2. The van der Waals surface area contributed by atoms with Gasteiger partial charge in [-0.15, -0.1) is 0 Å². The van der Waals surface area contributed by atoms with E-state index in [2.05, 4.69) is 45.1 Å². The lowest BCUT2D eigenvalue weighted by atomic mass is 9.92. The van der Waals surface area contributed by atoms with Gasteiger partial charge in [-0.25, -0.2) is 4.79 Å². The van der Waals surface area contributed by atoms with Crippen molar-refractivity contribution < 1.29 is 22.1 Å². The fraction of sp³-hybridized carbons (Fsp3) is 0.519. The van der Waals surface area contributed by atoms with Gasteiger partial charge in [0.2, 0.25) is 0 Å². The van der Waals surface area contributed by atoms with Gasteiger partial charge in [-0.05, 0) is 60.9 Å². The van der Waals surface area contributed by atoms with Crippen LogP contribution in [0, 0.1) is 0 Å². The average molecular weight is 505 g/mol. The van der Waals surface area contributed by atoms with Gasteiger partial charge in [-0.3, -0.25) is 0 Å². The van der Waals surface area contributed by atoms with Crippen molar-refractivity contribution in [3.05, 3.63) is 53.1 Å². The van der Waals surface area contributed by atoms with E-state index in [4.69, 9.17) is 8.92 Å². The molecule has 0 aliphatic carbocycles. The minimum atomic E-state index is -3.73. The van der Waals surface area contributed by atoms with Gasteiger partial charge in [0.1, 0.15) is 0 Å². The van der Waals surface area contributed by atoms with Crippen molar-refractivity contribution >= 4 is 21.8 Å². The van der Waals surface area contributed by atoms with Crippen molar-refractivity contribution in [2.24, 2.45) is 0 Å². The molecule has 194 valence electrons. The van der Waals surface area contributed by atoms with Gasteiger partial charge >= 0.3 is 16.1 Å². The molecule has 1 unspecified atom stereocenters. The Morgan fingerprint density at radius 3 is 2.06 bits per heavy atom. The fourth-order valence-electron chi connectivity index (χ4n) is 3.80. The molecule has 0 saturated carbocycles. The lowest BCUT2D eigenvalue weighted by molar-refractivity contribution is 0.187. The number of benzene rings is 2. The second kappa shape index (κ2) is 12.3. The summed E-state index contributed by atoms with van der Waals surface area (Å²) >= 11 is 0. The van der Waals surface area contributed by atoms with Gasteiger partial charge < -0.3 is 19.1 Å². The van der Waals surface area contributed by atoms with E-state index in [0.29, 0.717) is 5.75 Å². The smallest absolute Gasteiger partial charge is 0.322 e. The highest BCUT2D eigenvalue weighted by Gasteiger charge is 2.24. The molecule has 0 heterocycles. The molecule has 0 aliphatic heterocycles. The summed E-state index contributed by atoms with van der Waals surface area (Å²) in [5, 5.41) is 3.20. The van der Waals surface area contributed by atoms with E-state index in [1.165, 1.54) is 14.0 Å². The van der Waals surface area contributed by atoms with E-state index in [9.17, 15) is 13.2 Å².